The molecular formula is C9H20O3. The molecule has 0 saturated heterocycles. The number of hydrogen-bond acceptors (Lipinski definition) is 3. The van der Waals surface area contributed by atoms with Gasteiger partial charge in [-0.15, -0.1) is 0 Å². The summed E-state index contributed by atoms with van der Waals surface area (Å²) in [4.78, 5) is 0. The standard InChI is InChI=1S/C9H20O3/c1-3-5-6-12-8-9(10)7-11-4-2/h9-10H,3-8H2,1-2H3. The fraction of sp³-hybridized carbons (Fsp3) is 1.00. The third-order valence-corrected chi connectivity index (χ3v) is 1.47. The number of ether oxygens (including phenoxy) is 2. The molecule has 0 saturated carbocycles. The summed E-state index contributed by atoms with van der Waals surface area (Å²) in [6.07, 6.45) is 1.71. The molecule has 0 spiro atoms. The van der Waals surface area contributed by atoms with E-state index in [9.17, 15) is 5.11 Å². The summed E-state index contributed by atoms with van der Waals surface area (Å²) in [5.74, 6) is 0. The number of rotatable bonds is 8. The van der Waals surface area contributed by atoms with Gasteiger partial charge in [-0.05, 0) is 13.3 Å². The topological polar surface area (TPSA) is 38.7 Å². The maximum atomic E-state index is 9.23. The van der Waals surface area contributed by atoms with E-state index in [0.717, 1.165) is 19.4 Å². The van der Waals surface area contributed by atoms with Crippen LogP contribution in [0.2, 0.25) is 0 Å². The van der Waals surface area contributed by atoms with Crippen LogP contribution in [0.5, 0.6) is 0 Å². The minimum Gasteiger partial charge on any atom is -0.388 e. The third-order valence-electron chi connectivity index (χ3n) is 1.47. The van der Waals surface area contributed by atoms with Gasteiger partial charge in [0.2, 0.25) is 0 Å². The average Bonchev–Trinajstić information content (AvgIpc) is 2.09. The summed E-state index contributed by atoms with van der Waals surface area (Å²) in [5, 5.41) is 9.23. The predicted octanol–water partition coefficient (Wildman–Crippen LogP) is 1.20. The zero-order valence-electron chi connectivity index (χ0n) is 8.08. The first-order valence-corrected chi connectivity index (χ1v) is 4.64. The number of hydrogen-bond donors (Lipinski definition) is 1. The normalized spacial score (nSPS) is 13.2. The van der Waals surface area contributed by atoms with Crippen LogP contribution in [0.1, 0.15) is 26.7 Å². The molecule has 0 aliphatic heterocycles. The van der Waals surface area contributed by atoms with Crippen LogP contribution >= 0.6 is 0 Å². The Bertz CT molecular complexity index is 85.8. The van der Waals surface area contributed by atoms with E-state index in [1.54, 1.807) is 0 Å². The second kappa shape index (κ2) is 8.97. The molecule has 1 N–H and O–H groups in total. The van der Waals surface area contributed by atoms with Crippen molar-refractivity contribution in [3.63, 3.8) is 0 Å². The molecule has 0 aromatic rings. The second-order valence-electron chi connectivity index (χ2n) is 2.74. The number of aliphatic hydroxyl groups excluding tert-OH is 1. The largest absolute Gasteiger partial charge is 0.388 e. The van der Waals surface area contributed by atoms with Gasteiger partial charge < -0.3 is 14.6 Å². The summed E-state index contributed by atoms with van der Waals surface area (Å²) in [5.41, 5.74) is 0. The van der Waals surface area contributed by atoms with Crippen molar-refractivity contribution in [1.82, 2.24) is 0 Å². The van der Waals surface area contributed by atoms with Gasteiger partial charge >= 0.3 is 0 Å². The Hall–Kier alpha value is -0.120. The molecular weight excluding hydrogens is 156 g/mol. The summed E-state index contributed by atoms with van der Waals surface area (Å²) in [6, 6.07) is 0. The van der Waals surface area contributed by atoms with Gasteiger partial charge in [-0.1, -0.05) is 13.3 Å². The molecule has 1 unspecified atom stereocenters. The van der Waals surface area contributed by atoms with Crippen LogP contribution in [-0.4, -0.2) is 37.6 Å². The molecule has 0 radical (unpaired) electrons. The molecule has 0 heterocycles. The fourth-order valence-electron chi connectivity index (χ4n) is 0.768. The lowest BCUT2D eigenvalue weighted by Crippen LogP contribution is -2.21. The monoisotopic (exact) mass is 176 g/mol. The van der Waals surface area contributed by atoms with Gasteiger partial charge in [-0.25, -0.2) is 0 Å². The quantitative estimate of drug-likeness (QED) is 0.565. The van der Waals surface area contributed by atoms with Gasteiger partial charge in [0.05, 0.1) is 13.2 Å². The Morgan fingerprint density at radius 1 is 1.17 bits per heavy atom. The highest BCUT2D eigenvalue weighted by Crippen LogP contribution is 1.91. The average molecular weight is 176 g/mol. The molecule has 0 fully saturated rings. The van der Waals surface area contributed by atoms with Crippen LogP contribution in [0.3, 0.4) is 0 Å². The molecule has 0 aromatic heterocycles. The maximum Gasteiger partial charge on any atom is 0.101 e. The van der Waals surface area contributed by atoms with E-state index in [-0.39, 0.29) is 0 Å². The number of unbranched alkanes of at least 4 members (excludes halogenated alkanes) is 1. The van der Waals surface area contributed by atoms with Gasteiger partial charge in [-0.3, -0.25) is 0 Å². The maximum absolute atomic E-state index is 9.23. The third kappa shape index (κ3) is 7.98. The van der Waals surface area contributed by atoms with E-state index in [1.807, 2.05) is 6.92 Å². The summed E-state index contributed by atoms with van der Waals surface area (Å²) >= 11 is 0. The van der Waals surface area contributed by atoms with Crippen LogP contribution in [-0.2, 0) is 9.47 Å². The molecule has 0 aliphatic rings. The Labute approximate surface area is 74.7 Å². The molecule has 74 valence electrons. The highest BCUT2D eigenvalue weighted by molar-refractivity contribution is 4.50. The van der Waals surface area contributed by atoms with E-state index in [1.165, 1.54) is 0 Å². The van der Waals surface area contributed by atoms with E-state index in [4.69, 9.17) is 9.47 Å². The summed E-state index contributed by atoms with van der Waals surface area (Å²) < 4.78 is 10.2. The van der Waals surface area contributed by atoms with Gasteiger partial charge in [0.25, 0.3) is 0 Å². The van der Waals surface area contributed by atoms with Crippen LogP contribution in [0.25, 0.3) is 0 Å². The van der Waals surface area contributed by atoms with Gasteiger partial charge in [0.1, 0.15) is 6.10 Å². The Morgan fingerprint density at radius 3 is 2.42 bits per heavy atom. The van der Waals surface area contributed by atoms with Crippen LogP contribution in [0.4, 0.5) is 0 Å². The van der Waals surface area contributed by atoms with Crippen LogP contribution < -0.4 is 0 Å². The molecule has 0 amide bonds. The van der Waals surface area contributed by atoms with Gasteiger partial charge in [0.15, 0.2) is 0 Å². The van der Waals surface area contributed by atoms with Crippen molar-refractivity contribution in [3.8, 4) is 0 Å². The lowest BCUT2D eigenvalue weighted by atomic mass is 10.3. The van der Waals surface area contributed by atoms with Crippen molar-refractivity contribution in [1.29, 1.82) is 0 Å². The summed E-state index contributed by atoms with van der Waals surface area (Å²) in [7, 11) is 0. The van der Waals surface area contributed by atoms with Crippen molar-refractivity contribution < 1.29 is 14.6 Å². The predicted molar refractivity (Wildman–Crippen MR) is 48.2 cm³/mol. The van der Waals surface area contributed by atoms with Crippen molar-refractivity contribution >= 4 is 0 Å². The van der Waals surface area contributed by atoms with E-state index < -0.39 is 6.10 Å². The minimum absolute atomic E-state index is 0.378. The SMILES string of the molecule is CCCCOCC(O)COCC. The smallest absolute Gasteiger partial charge is 0.101 e. The molecule has 0 rings (SSSR count). The van der Waals surface area contributed by atoms with Crippen LogP contribution in [0.15, 0.2) is 0 Å². The molecule has 12 heavy (non-hydrogen) atoms. The molecule has 0 bridgehead atoms. The Morgan fingerprint density at radius 2 is 1.83 bits per heavy atom. The van der Waals surface area contributed by atoms with Crippen molar-refractivity contribution in [3.05, 3.63) is 0 Å². The van der Waals surface area contributed by atoms with Crippen molar-refractivity contribution in [2.75, 3.05) is 26.4 Å². The van der Waals surface area contributed by atoms with E-state index in [2.05, 4.69) is 6.92 Å². The van der Waals surface area contributed by atoms with E-state index >= 15 is 0 Å². The summed E-state index contributed by atoms with van der Waals surface area (Å²) in [6.45, 7) is 6.17. The zero-order valence-corrected chi connectivity index (χ0v) is 8.08. The second-order valence-corrected chi connectivity index (χ2v) is 2.74. The van der Waals surface area contributed by atoms with Crippen molar-refractivity contribution in [2.24, 2.45) is 0 Å². The van der Waals surface area contributed by atoms with Gasteiger partial charge in [-0.2, -0.15) is 0 Å². The first-order valence-electron chi connectivity index (χ1n) is 4.64. The molecule has 3 nitrogen and oxygen atoms in total. The lowest BCUT2D eigenvalue weighted by molar-refractivity contribution is -0.0165. The first kappa shape index (κ1) is 11.9. The van der Waals surface area contributed by atoms with E-state index in [0.29, 0.717) is 19.8 Å². The molecule has 3 heteroatoms. The Balaban J connectivity index is 3.02. The molecule has 0 aliphatic carbocycles. The fourth-order valence-corrected chi connectivity index (χ4v) is 0.768. The molecule has 0 aromatic carbocycles. The van der Waals surface area contributed by atoms with Gasteiger partial charge in [0, 0.05) is 13.2 Å². The minimum atomic E-state index is -0.471. The first-order chi connectivity index (χ1) is 5.81. The highest BCUT2D eigenvalue weighted by atomic mass is 16.5. The number of aliphatic hydroxyl groups is 1. The van der Waals surface area contributed by atoms with Crippen molar-refractivity contribution in [2.45, 2.75) is 32.8 Å². The molecule has 1 atom stereocenters. The zero-order chi connectivity index (χ0) is 9.23. The lowest BCUT2D eigenvalue weighted by Gasteiger charge is -2.10. The Kier molecular flexibility index (Phi) is 8.88. The van der Waals surface area contributed by atoms with Crippen LogP contribution in [0, 0.1) is 0 Å². The highest BCUT2D eigenvalue weighted by Gasteiger charge is 2.02.